The van der Waals surface area contributed by atoms with Crippen molar-refractivity contribution in [2.45, 2.75) is 42.1 Å². The lowest BCUT2D eigenvalue weighted by Crippen LogP contribution is -2.60. The predicted molar refractivity (Wildman–Crippen MR) is 65.6 cm³/mol. The van der Waals surface area contributed by atoms with Crippen molar-refractivity contribution in [1.29, 1.82) is 0 Å². The van der Waals surface area contributed by atoms with Crippen molar-refractivity contribution in [3.05, 3.63) is 35.9 Å². The molecule has 0 radical (unpaired) electrons. The molecule has 17 heteroatoms. The Balaban J connectivity index is 0.000000567. The Kier molecular flexibility index (Phi) is 7.47. The molecule has 0 saturated carbocycles. The molecule has 1 aromatic carbocycles. The van der Waals surface area contributed by atoms with Gasteiger partial charge in [-0.3, -0.25) is 0 Å². The number of halogens is 15. The van der Waals surface area contributed by atoms with E-state index in [0.717, 1.165) is 12.1 Å². The van der Waals surface area contributed by atoms with Crippen LogP contribution in [0.3, 0.4) is 0 Å². The van der Waals surface area contributed by atoms with Crippen LogP contribution in [-0.4, -0.2) is 46.4 Å². The Labute approximate surface area is 155 Å². The predicted octanol–water partition coefficient (Wildman–Crippen LogP) is 5.40. The highest BCUT2D eigenvalue weighted by Gasteiger charge is 2.82. The fraction of sp³-hybridized carbons (Fsp3) is 0.538. The third-order valence-electron chi connectivity index (χ3n) is 3.06. The molecular formula is C13H7F15O2. The van der Waals surface area contributed by atoms with Crippen LogP contribution in [0.2, 0.25) is 0 Å². The van der Waals surface area contributed by atoms with E-state index in [2.05, 4.69) is 0 Å². The van der Waals surface area contributed by atoms with E-state index in [4.69, 9.17) is 10.2 Å². The number of aliphatic hydroxyl groups is 2. The average molecular weight is 480 g/mol. The molecule has 1 unspecified atom stereocenters. The van der Waals surface area contributed by atoms with E-state index < -0.39 is 47.6 Å². The SMILES string of the molecule is OC(F)(F)C(F)(F)C(F)(F)C(F)(F)F.OC(F)(c1ccccc1)C(F)(F)C(F)(F)F. The van der Waals surface area contributed by atoms with Gasteiger partial charge in [0.05, 0.1) is 0 Å². The van der Waals surface area contributed by atoms with Gasteiger partial charge in [0.15, 0.2) is 0 Å². The zero-order chi connectivity index (χ0) is 24.6. The molecule has 0 spiro atoms. The molecule has 1 rings (SSSR count). The first kappa shape index (κ1) is 28.1. The van der Waals surface area contributed by atoms with E-state index in [-0.39, 0.29) is 0 Å². The zero-order valence-electron chi connectivity index (χ0n) is 13.5. The van der Waals surface area contributed by atoms with Gasteiger partial charge >= 0.3 is 42.1 Å². The number of alkyl halides is 15. The molecule has 2 nitrogen and oxygen atoms in total. The van der Waals surface area contributed by atoms with Gasteiger partial charge in [-0.25, -0.2) is 0 Å². The Morgan fingerprint density at radius 1 is 0.467 bits per heavy atom. The summed E-state index contributed by atoms with van der Waals surface area (Å²) < 4.78 is 177. The highest BCUT2D eigenvalue weighted by molar-refractivity contribution is 5.23. The van der Waals surface area contributed by atoms with Crippen LogP contribution in [-0.2, 0) is 5.85 Å². The molecule has 0 aromatic heterocycles. The second-order valence-electron chi connectivity index (χ2n) is 5.25. The number of benzene rings is 1. The van der Waals surface area contributed by atoms with E-state index in [1.54, 1.807) is 0 Å². The molecule has 0 heterocycles. The molecule has 1 aromatic rings. The molecule has 2 N–H and O–H groups in total. The Morgan fingerprint density at radius 3 is 1.03 bits per heavy atom. The van der Waals surface area contributed by atoms with Gasteiger partial charge in [-0.1, -0.05) is 30.3 Å². The maximum Gasteiger partial charge on any atom is 0.460 e. The van der Waals surface area contributed by atoms with Gasteiger partial charge in [0.1, 0.15) is 0 Å². The maximum atomic E-state index is 13.2. The number of rotatable bonds is 4. The summed E-state index contributed by atoms with van der Waals surface area (Å²) in [7, 11) is 0. The maximum absolute atomic E-state index is 13.2. The van der Waals surface area contributed by atoms with E-state index in [1.165, 1.54) is 6.07 Å². The molecule has 0 aliphatic carbocycles. The molecule has 176 valence electrons. The average Bonchev–Trinajstić information content (AvgIpc) is 2.52. The smallest absolute Gasteiger partial charge is 0.353 e. The second kappa shape index (κ2) is 7.97. The highest BCUT2D eigenvalue weighted by atomic mass is 19.4. The van der Waals surface area contributed by atoms with Crippen LogP contribution in [0.25, 0.3) is 0 Å². The van der Waals surface area contributed by atoms with Crippen molar-refractivity contribution < 1.29 is 76.1 Å². The summed E-state index contributed by atoms with van der Waals surface area (Å²) in [6, 6.07) is 4.63. The number of hydrogen-bond donors (Lipinski definition) is 2. The van der Waals surface area contributed by atoms with Gasteiger partial charge in [-0.15, -0.1) is 0 Å². The van der Waals surface area contributed by atoms with Crippen LogP contribution >= 0.6 is 0 Å². The highest BCUT2D eigenvalue weighted by Crippen LogP contribution is 2.52. The summed E-state index contributed by atoms with van der Waals surface area (Å²) in [5.41, 5.74) is -1.16. The minimum atomic E-state index is -7.02. The van der Waals surface area contributed by atoms with Gasteiger partial charge in [-0.2, -0.15) is 65.9 Å². The molecule has 0 saturated heterocycles. The van der Waals surface area contributed by atoms with Gasteiger partial charge in [0.2, 0.25) is 0 Å². The van der Waals surface area contributed by atoms with Gasteiger partial charge in [-0.05, 0) is 0 Å². The van der Waals surface area contributed by atoms with E-state index in [1.807, 2.05) is 0 Å². The summed E-state index contributed by atoms with van der Waals surface area (Å²) in [5, 5.41) is 15.9. The van der Waals surface area contributed by atoms with Crippen molar-refractivity contribution >= 4 is 0 Å². The van der Waals surface area contributed by atoms with Crippen molar-refractivity contribution in [2.24, 2.45) is 0 Å². The monoisotopic (exact) mass is 480 g/mol. The minimum Gasteiger partial charge on any atom is -0.353 e. The van der Waals surface area contributed by atoms with Gasteiger partial charge in [0, 0.05) is 5.56 Å². The third-order valence-corrected chi connectivity index (χ3v) is 3.06. The lowest BCUT2D eigenvalue weighted by atomic mass is 10.0. The molecule has 0 amide bonds. The normalized spacial score (nSPS) is 16.4. The minimum absolute atomic E-state index is 0.639. The topological polar surface area (TPSA) is 40.5 Å². The molecule has 0 aliphatic rings. The van der Waals surface area contributed by atoms with Crippen LogP contribution in [0.4, 0.5) is 65.9 Å². The molecule has 0 bridgehead atoms. The first-order chi connectivity index (χ1) is 12.9. The van der Waals surface area contributed by atoms with Gasteiger partial charge in [0.25, 0.3) is 0 Å². The van der Waals surface area contributed by atoms with E-state index >= 15 is 0 Å². The second-order valence-corrected chi connectivity index (χ2v) is 5.25. The summed E-state index contributed by atoms with van der Waals surface area (Å²) in [4.78, 5) is 0. The zero-order valence-corrected chi connectivity index (χ0v) is 13.5. The van der Waals surface area contributed by atoms with Crippen LogP contribution < -0.4 is 0 Å². The van der Waals surface area contributed by atoms with Crippen molar-refractivity contribution in [3.8, 4) is 0 Å². The Bertz CT molecular complexity index is 661. The fourth-order valence-electron chi connectivity index (χ4n) is 1.40. The first-order valence-electron chi connectivity index (χ1n) is 6.69. The third kappa shape index (κ3) is 5.04. The summed E-state index contributed by atoms with van der Waals surface area (Å²) >= 11 is 0. The number of hydrogen-bond acceptors (Lipinski definition) is 2. The van der Waals surface area contributed by atoms with Crippen molar-refractivity contribution in [1.82, 2.24) is 0 Å². The molecule has 0 aliphatic heterocycles. The largest absolute Gasteiger partial charge is 0.460 e. The lowest BCUT2D eigenvalue weighted by Gasteiger charge is -2.30. The summed E-state index contributed by atoms with van der Waals surface area (Å²) in [6.45, 7) is 0. The molecular weight excluding hydrogens is 473 g/mol. The first-order valence-corrected chi connectivity index (χ1v) is 6.69. The summed E-state index contributed by atoms with van der Waals surface area (Å²) in [5.74, 6) is -24.6. The van der Waals surface area contributed by atoms with Crippen LogP contribution in [0.5, 0.6) is 0 Å². The van der Waals surface area contributed by atoms with Crippen LogP contribution in [0.15, 0.2) is 30.3 Å². The molecule has 0 fully saturated rings. The summed E-state index contributed by atoms with van der Waals surface area (Å²) in [6.07, 6.45) is -19.5. The van der Waals surface area contributed by atoms with Crippen LogP contribution in [0.1, 0.15) is 5.56 Å². The van der Waals surface area contributed by atoms with Crippen LogP contribution in [0, 0.1) is 0 Å². The van der Waals surface area contributed by atoms with Crippen molar-refractivity contribution in [2.75, 3.05) is 0 Å². The van der Waals surface area contributed by atoms with Crippen molar-refractivity contribution in [3.63, 3.8) is 0 Å². The molecule has 1 atom stereocenters. The van der Waals surface area contributed by atoms with Gasteiger partial charge < -0.3 is 10.2 Å². The van der Waals surface area contributed by atoms with E-state index in [0.29, 0.717) is 12.1 Å². The molecule has 30 heavy (non-hydrogen) atoms. The lowest BCUT2D eigenvalue weighted by molar-refractivity contribution is -0.435. The fourth-order valence-corrected chi connectivity index (χ4v) is 1.40. The Hall–Kier alpha value is -1.91. The Morgan fingerprint density at radius 2 is 0.800 bits per heavy atom. The quantitative estimate of drug-likeness (QED) is 0.567. The van der Waals surface area contributed by atoms with E-state index in [9.17, 15) is 65.9 Å². The standard InChI is InChI=1S/C9H6F6O.C4HF9O/c10-7(16,6-4-2-1-3-5-6)8(11,12)9(13,14)15;5-1(6,3(9,10)11)2(7,8)4(12,13)14/h1-5,16H;14H.